The molecule has 1 aromatic rings. The van der Waals surface area contributed by atoms with Crippen LogP contribution in [0, 0.1) is 12.3 Å². The maximum atomic E-state index is 5.76. The fraction of sp³-hybridized carbons (Fsp3) is 0.200. The van der Waals surface area contributed by atoms with Crippen molar-refractivity contribution < 1.29 is 4.74 Å². The molecular formula is C10H9ClO. The van der Waals surface area contributed by atoms with Crippen LogP contribution in [0.4, 0.5) is 0 Å². The molecule has 0 saturated heterocycles. The van der Waals surface area contributed by atoms with Crippen LogP contribution in [-0.2, 0) is 6.42 Å². The summed E-state index contributed by atoms with van der Waals surface area (Å²) >= 11 is 5.76. The Kier molecular flexibility index (Phi) is 3.01. The van der Waals surface area contributed by atoms with E-state index >= 15 is 0 Å². The molecule has 0 amide bonds. The van der Waals surface area contributed by atoms with Crippen LogP contribution in [-0.4, -0.2) is 7.11 Å². The number of hydrogen-bond donors (Lipinski definition) is 0. The quantitative estimate of drug-likeness (QED) is 0.636. The Labute approximate surface area is 77.3 Å². The number of hydrogen-bond acceptors (Lipinski definition) is 1. The third-order valence-electron chi connectivity index (χ3n) is 1.54. The zero-order valence-electron chi connectivity index (χ0n) is 6.80. The smallest absolute Gasteiger partial charge is 0.124 e. The molecule has 1 aromatic carbocycles. The maximum Gasteiger partial charge on any atom is 0.124 e. The van der Waals surface area contributed by atoms with Crippen molar-refractivity contribution in [3.05, 3.63) is 28.8 Å². The second-order valence-corrected chi connectivity index (χ2v) is 2.77. The van der Waals surface area contributed by atoms with Crippen molar-refractivity contribution in [2.24, 2.45) is 0 Å². The van der Waals surface area contributed by atoms with Crippen LogP contribution >= 0.6 is 11.6 Å². The van der Waals surface area contributed by atoms with Crippen molar-refractivity contribution in [2.75, 3.05) is 7.11 Å². The van der Waals surface area contributed by atoms with Crippen LogP contribution in [0.15, 0.2) is 18.2 Å². The van der Waals surface area contributed by atoms with Gasteiger partial charge < -0.3 is 4.74 Å². The van der Waals surface area contributed by atoms with Crippen molar-refractivity contribution in [3.63, 3.8) is 0 Å². The summed E-state index contributed by atoms with van der Waals surface area (Å²) in [7, 11) is 1.60. The minimum absolute atomic E-state index is 0.570. The van der Waals surface area contributed by atoms with Crippen LogP contribution in [0.5, 0.6) is 5.75 Å². The van der Waals surface area contributed by atoms with Gasteiger partial charge in [0.25, 0.3) is 0 Å². The van der Waals surface area contributed by atoms with Gasteiger partial charge in [-0.05, 0) is 12.1 Å². The second-order valence-electron chi connectivity index (χ2n) is 2.34. The van der Waals surface area contributed by atoms with Gasteiger partial charge in [-0.1, -0.05) is 17.7 Å². The molecule has 1 nitrogen and oxygen atoms in total. The van der Waals surface area contributed by atoms with E-state index in [2.05, 4.69) is 5.92 Å². The molecule has 0 saturated carbocycles. The van der Waals surface area contributed by atoms with Crippen molar-refractivity contribution in [3.8, 4) is 18.1 Å². The van der Waals surface area contributed by atoms with Crippen molar-refractivity contribution >= 4 is 11.6 Å². The lowest BCUT2D eigenvalue weighted by Crippen LogP contribution is -1.90. The van der Waals surface area contributed by atoms with Crippen molar-refractivity contribution in [2.45, 2.75) is 6.42 Å². The third-order valence-corrected chi connectivity index (χ3v) is 1.78. The molecule has 1 rings (SSSR count). The van der Waals surface area contributed by atoms with Crippen LogP contribution in [0.25, 0.3) is 0 Å². The van der Waals surface area contributed by atoms with Gasteiger partial charge in [0.2, 0.25) is 0 Å². The van der Waals surface area contributed by atoms with Crippen LogP contribution in [0.3, 0.4) is 0 Å². The van der Waals surface area contributed by atoms with Gasteiger partial charge in [0.05, 0.1) is 7.11 Å². The topological polar surface area (TPSA) is 9.23 Å². The number of ether oxygens (including phenoxy) is 1. The Bertz CT molecular complexity index is 312. The largest absolute Gasteiger partial charge is 0.496 e. The zero-order valence-corrected chi connectivity index (χ0v) is 7.56. The molecule has 12 heavy (non-hydrogen) atoms. The normalized spacial score (nSPS) is 9.08. The molecule has 0 fully saturated rings. The number of rotatable bonds is 2. The van der Waals surface area contributed by atoms with Crippen LogP contribution in [0.2, 0.25) is 5.02 Å². The van der Waals surface area contributed by atoms with Gasteiger partial charge in [0.1, 0.15) is 5.75 Å². The highest BCUT2D eigenvalue weighted by molar-refractivity contribution is 6.30. The first-order valence-corrected chi connectivity index (χ1v) is 3.91. The van der Waals surface area contributed by atoms with E-state index in [0.717, 1.165) is 11.3 Å². The monoisotopic (exact) mass is 180 g/mol. The predicted molar refractivity (Wildman–Crippen MR) is 50.5 cm³/mol. The molecule has 0 N–H and O–H groups in total. The summed E-state index contributed by atoms with van der Waals surface area (Å²) in [6.07, 6.45) is 5.75. The lowest BCUT2D eigenvalue weighted by Gasteiger charge is -2.05. The molecule has 0 aromatic heterocycles. The highest BCUT2D eigenvalue weighted by Crippen LogP contribution is 2.22. The third kappa shape index (κ3) is 1.93. The molecule has 0 bridgehead atoms. The number of terminal acetylenes is 1. The van der Waals surface area contributed by atoms with E-state index in [1.165, 1.54) is 0 Å². The Balaban J connectivity index is 3.04. The van der Waals surface area contributed by atoms with Gasteiger partial charge in [0, 0.05) is 17.0 Å². The molecule has 0 heterocycles. The summed E-state index contributed by atoms with van der Waals surface area (Å²) in [5.41, 5.74) is 0.990. The first-order chi connectivity index (χ1) is 5.77. The Hall–Kier alpha value is -1.13. The Morgan fingerprint density at radius 1 is 1.58 bits per heavy atom. The summed E-state index contributed by atoms with van der Waals surface area (Å²) in [4.78, 5) is 0. The number of benzene rings is 1. The van der Waals surface area contributed by atoms with E-state index < -0.39 is 0 Å². The average Bonchev–Trinajstić information content (AvgIpc) is 2.08. The molecular weight excluding hydrogens is 172 g/mol. The predicted octanol–water partition coefficient (Wildman–Crippen LogP) is 2.52. The molecule has 2 heteroatoms. The minimum Gasteiger partial charge on any atom is -0.496 e. The van der Waals surface area contributed by atoms with Gasteiger partial charge in [-0.15, -0.1) is 12.3 Å². The summed E-state index contributed by atoms with van der Waals surface area (Å²) in [5.74, 6) is 3.31. The summed E-state index contributed by atoms with van der Waals surface area (Å²) in [6, 6.07) is 5.44. The summed E-state index contributed by atoms with van der Waals surface area (Å²) < 4.78 is 5.10. The highest BCUT2D eigenvalue weighted by Gasteiger charge is 2.01. The minimum atomic E-state index is 0.570. The lowest BCUT2D eigenvalue weighted by atomic mass is 10.1. The van der Waals surface area contributed by atoms with E-state index in [4.69, 9.17) is 22.8 Å². The van der Waals surface area contributed by atoms with E-state index in [1.807, 2.05) is 6.07 Å². The number of methoxy groups -OCH3 is 1. The molecule has 62 valence electrons. The van der Waals surface area contributed by atoms with Gasteiger partial charge in [-0.2, -0.15) is 0 Å². The van der Waals surface area contributed by atoms with Crippen molar-refractivity contribution in [1.29, 1.82) is 0 Å². The Morgan fingerprint density at radius 2 is 2.33 bits per heavy atom. The molecule has 0 spiro atoms. The van der Waals surface area contributed by atoms with Gasteiger partial charge in [-0.25, -0.2) is 0 Å². The molecule has 0 radical (unpaired) electrons. The lowest BCUT2D eigenvalue weighted by molar-refractivity contribution is 0.411. The van der Waals surface area contributed by atoms with E-state index in [0.29, 0.717) is 11.4 Å². The first kappa shape index (κ1) is 8.96. The second kappa shape index (κ2) is 4.04. The van der Waals surface area contributed by atoms with E-state index in [1.54, 1.807) is 19.2 Å². The average molecular weight is 181 g/mol. The molecule has 0 atom stereocenters. The Morgan fingerprint density at radius 3 is 2.92 bits per heavy atom. The first-order valence-electron chi connectivity index (χ1n) is 3.54. The molecule has 0 aliphatic rings. The van der Waals surface area contributed by atoms with Crippen molar-refractivity contribution in [1.82, 2.24) is 0 Å². The number of halogens is 1. The highest BCUT2D eigenvalue weighted by atomic mass is 35.5. The van der Waals surface area contributed by atoms with Crippen LogP contribution in [0.1, 0.15) is 5.56 Å². The van der Waals surface area contributed by atoms with Gasteiger partial charge >= 0.3 is 0 Å². The summed E-state index contributed by atoms with van der Waals surface area (Å²) in [6.45, 7) is 0. The standard InChI is InChI=1S/C10H9ClO/c1-3-4-8-5-6-9(11)7-10(8)12-2/h1,5-7H,4H2,2H3. The van der Waals surface area contributed by atoms with Gasteiger partial charge in [0.15, 0.2) is 0 Å². The van der Waals surface area contributed by atoms with Gasteiger partial charge in [-0.3, -0.25) is 0 Å². The molecule has 0 unspecified atom stereocenters. The fourth-order valence-electron chi connectivity index (χ4n) is 0.974. The van der Waals surface area contributed by atoms with E-state index in [9.17, 15) is 0 Å². The fourth-order valence-corrected chi connectivity index (χ4v) is 1.14. The SMILES string of the molecule is C#CCc1ccc(Cl)cc1OC. The zero-order chi connectivity index (χ0) is 8.97. The molecule has 0 aliphatic heterocycles. The maximum absolute atomic E-state index is 5.76. The molecule has 0 aliphatic carbocycles. The van der Waals surface area contributed by atoms with E-state index in [-0.39, 0.29) is 0 Å². The van der Waals surface area contributed by atoms with Crippen LogP contribution < -0.4 is 4.74 Å². The summed E-state index contributed by atoms with van der Waals surface area (Å²) in [5, 5.41) is 0.660.